The molecule has 0 saturated carbocycles. The summed E-state index contributed by atoms with van der Waals surface area (Å²) < 4.78 is 5.17. The van der Waals surface area contributed by atoms with Crippen LogP contribution in [0.15, 0.2) is 24.3 Å². The normalized spacial score (nSPS) is 17.8. The second-order valence-corrected chi connectivity index (χ2v) is 5.53. The van der Waals surface area contributed by atoms with Gasteiger partial charge in [0.25, 0.3) is 0 Å². The van der Waals surface area contributed by atoms with Crippen LogP contribution in [0.2, 0.25) is 0 Å². The van der Waals surface area contributed by atoms with Gasteiger partial charge in [-0.05, 0) is 43.5 Å². The zero-order valence-electron chi connectivity index (χ0n) is 12.8. The molecule has 1 aliphatic rings. The first-order chi connectivity index (χ1) is 10.3. The van der Waals surface area contributed by atoms with Gasteiger partial charge in [0.05, 0.1) is 7.11 Å². The summed E-state index contributed by atoms with van der Waals surface area (Å²) in [6.07, 6.45) is 4.24. The summed E-state index contributed by atoms with van der Waals surface area (Å²) in [5, 5.41) is 10.9. The van der Waals surface area contributed by atoms with Crippen molar-refractivity contribution in [3.05, 3.63) is 41.5 Å². The Morgan fingerprint density at radius 3 is 2.73 bits per heavy atom. The van der Waals surface area contributed by atoms with Gasteiger partial charge in [-0.15, -0.1) is 12.4 Å². The van der Waals surface area contributed by atoms with Crippen molar-refractivity contribution in [2.45, 2.75) is 31.6 Å². The fourth-order valence-corrected chi connectivity index (χ4v) is 2.73. The molecule has 2 heterocycles. The van der Waals surface area contributed by atoms with Crippen LogP contribution in [0.4, 0.5) is 0 Å². The third-order valence-corrected chi connectivity index (χ3v) is 4.02. The van der Waals surface area contributed by atoms with E-state index in [1.165, 1.54) is 18.4 Å². The van der Waals surface area contributed by atoms with Crippen molar-refractivity contribution in [1.29, 1.82) is 0 Å². The van der Waals surface area contributed by atoms with Gasteiger partial charge in [0.1, 0.15) is 11.6 Å². The highest BCUT2D eigenvalue weighted by Crippen LogP contribution is 2.20. The van der Waals surface area contributed by atoms with E-state index in [0.717, 1.165) is 43.3 Å². The highest BCUT2D eigenvalue weighted by molar-refractivity contribution is 5.85. The molecule has 6 heteroatoms. The smallest absolute Gasteiger partial charge is 0.155 e. The lowest BCUT2D eigenvalue weighted by molar-refractivity contribution is 0.414. The second-order valence-electron chi connectivity index (χ2n) is 5.53. The molecule has 0 amide bonds. The molecule has 22 heavy (non-hydrogen) atoms. The van der Waals surface area contributed by atoms with E-state index in [1.807, 2.05) is 12.1 Å². The van der Waals surface area contributed by atoms with Crippen molar-refractivity contribution in [3.8, 4) is 5.75 Å². The van der Waals surface area contributed by atoms with Crippen LogP contribution in [-0.2, 0) is 12.8 Å². The monoisotopic (exact) mass is 322 g/mol. The first kappa shape index (κ1) is 16.8. The van der Waals surface area contributed by atoms with Gasteiger partial charge in [0.15, 0.2) is 5.82 Å². The third kappa shape index (κ3) is 4.21. The molecule has 2 aromatic rings. The number of aromatic nitrogens is 3. The molecular weight excluding hydrogens is 300 g/mol. The van der Waals surface area contributed by atoms with Crippen molar-refractivity contribution in [2.75, 3.05) is 20.2 Å². The number of aryl methyl sites for hydroxylation is 2. The number of nitrogens with zero attached hydrogens (tertiary/aromatic N) is 2. The fourth-order valence-electron chi connectivity index (χ4n) is 2.73. The number of benzene rings is 1. The molecule has 1 aliphatic heterocycles. The summed E-state index contributed by atoms with van der Waals surface area (Å²) in [6.45, 7) is 2.11. The van der Waals surface area contributed by atoms with Gasteiger partial charge in [0.2, 0.25) is 0 Å². The zero-order valence-corrected chi connectivity index (χ0v) is 13.7. The first-order valence-electron chi connectivity index (χ1n) is 7.60. The Hall–Kier alpha value is -1.59. The Balaban J connectivity index is 0.00000176. The number of halogens is 1. The lowest BCUT2D eigenvalue weighted by Gasteiger charge is -2.19. The lowest BCUT2D eigenvalue weighted by atomic mass is 9.99. The van der Waals surface area contributed by atoms with Gasteiger partial charge in [-0.3, -0.25) is 5.10 Å². The molecule has 5 nitrogen and oxygen atoms in total. The van der Waals surface area contributed by atoms with E-state index in [-0.39, 0.29) is 12.4 Å². The fraction of sp³-hybridized carbons (Fsp3) is 0.500. The number of hydrogen-bond acceptors (Lipinski definition) is 4. The van der Waals surface area contributed by atoms with Crippen LogP contribution in [0.3, 0.4) is 0 Å². The SMILES string of the molecule is COc1ccc(CCc2nc(C3CCCNC3)n[nH]2)cc1.Cl. The average Bonchev–Trinajstić information content (AvgIpc) is 3.03. The minimum Gasteiger partial charge on any atom is -0.497 e. The number of rotatable bonds is 5. The van der Waals surface area contributed by atoms with Gasteiger partial charge >= 0.3 is 0 Å². The van der Waals surface area contributed by atoms with Crippen LogP contribution >= 0.6 is 12.4 Å². The summed E-state index contributed by atoms with van der Waals surface area (Å²) in [4.78, 5) is 4.65. The summed E-state index contributed by atoms with van der Waals surface area (Å²) in [5.74, 6) is 3.30. The summed E-state index contributed by atoms with van der Waals surface area (Å²) in [7, 11) is 1.69. The highest BCUT2D eigenvalue weighted by Gasteiger charge is 2.19. The topological polar surface area (TPSA) is 62.8 Å². The van der Waals surface area contributed by atoms with Crippen LogP contribution < -0.4 is 10.1 Å². The lowest BCUT2D eigenvalue weighted by Crippen LogP contribution is -2.28. The molecular formula is C16H23ClN4O. The quantitative estimate of drug-likeness (QED) is 0.887. The molecule has 1 fully saturated rings. The van der Waals surface area contributed by atoms with E-state index in [4.69, 9.17) is 4.74 Å². The average molecular weight is 323 g/mol. The number of piperidine rings is 1. The van der Waals surface area contributed by atoms with Crippen LogP contribution in [0.5, 0.6) is 5.75 Å². The van der Waals surface area contributed by atoms with E-state index in [1.54, 1.807) is 7.11 Å². The molecule has 0 spiro atoms. The third-order valence-electron chi connectivity index (χ3n) is 4.02. The maximum absolute atomic E-state index is 5.17. The first-order valence-corrected chi connectivity index (χ1v) is 7.60. The van der Waals surface area contributed by atoms with Crippen LogP contribution in [-0.4, -0.2) is 35.4 Å². The molecule has 0 bridgehead atoms. The molecule has 1 aromatic carbocycles. The molecule has 1 saturated heterocycles. The van der Waals surface area contributed by atoms with Crippen molar-refractivity contribution in [1.82, 2.24) is 20.5 Å². The molecule has 1 unspecified atom stereocenters. The Morgan fingerprint density at radius 2 is 2.05 bits per heavy atom. The van der Waals surface area contributed by atoms with E-state index in [0.29, 0.717) is 5.92 Å². The van der Waals surface area contributed by atoms with E-state index in [2.05, 4.69) is 32.6 Å². The van der Waals surface area contributed by atoms with Crippen molar-refractivity contribution in [2.24, 2.45) is 0 Å². The Labute approximate surface area is 137 Å². The van der Waals surface area contributed by atoms with E-state index >= 15 is 0 Å². The van der Waals surface area contributed by atoms with Gasteiger partial charge in [-0.1, -0.05) is 12.1 Å². The summed E-state index contributed by atoms with van der Waals surface area (Å²) in [5.41, 5.74) is 1.29. The molecule has 120 valence electrons. The number of hydrogen-bond donors (Lipinski definition) is 2. The van der Waals surface area contributed by atoms with Crippen molar-refractivity contribution < 1.29 is 4.74 Å². The predicted molar refractivity (Wildman–Crippen MR) is 88.9 cm³/mol. The van der Waals surface area contributed by atoms with Crippen LogP contribution in [0, 0.1) is 0 Å². The molecule has 1 aromatic heterocycles. The number of aromatic amines is 1. The van der Waals surface area contributed by atoms with Crippen LogP contribution in [0.25, 0.3) is 0 Å². The van der Waals surface area contributed by atoms with Gasteiger partial charge in [-0.2, -0.15) is 5.10 Å². The van der Waals surface area contributed by atoms with E-state index < -0.39 is 0 Å². The molecule has 3 rings (SSSR count). The van der Waals surface area contributed by atoms with Gasteiger partial charge < -0.3 is 10.1 Å². The van der Waals surface area contributed by atoms with Gasteiger partial charge in [-0.25, -0.2) is 4.98 Å². The summed E-state index contributed by atoms with van der Waals surface area (Å²) in [6, 6.07) is 8.19. The maximum atomic E-state index is 5.17. The Morgan fingerprint density at radius 1 is 1.23 bits per heavy atom. The minimum atomic E-state index is 0. The molecule has 0 radical (unpaired) electrons. The second kappa shape index (κ2) is 8.15. The predicted octanol–water partition coefficient (Wildman–Crippen LogP) is 2.49. The molecule has 2 N–H and O–H groups in total. The molecule has 0 aliphatic carbocycles. The van der Waals surface area contributed by atoms with E-state index in [9.17, 15) is 0 Å². The minimum absolute atomic E-state index is 0. The number of ether oxygens (including phenoxy) is 1. The zero-order chi connectivity index (χ0) is 14.5. The maximum Gasteiger partial charge on any atom is 0.155 e. The Bertz CT molecular complexity index is 564. The summed E-state index contributed by atoms with van der Waals surface area (Å²) >= 11 is 0. The number of methoxy groups -OCH3 is 1. The largest absolute Gasteiger partial charge is 0.497 e. The molecule has 1 atom stereocenters. The Kier molecular flexibility index (Phi) is 6.21. The standard InChI is InChI=1S/C16H22N4O.ClH/c1-21-14-7-4-12(5-8-14)6-9-15-18-16(20-19-15)13-3-2-10-17-11-13;/h4-5,7-8,13,17H,2-3,6,9-11H2,1H3,(H,18,19,20);1H. The number of H-pyrrole nitrogens is 1. The van der Waals surface area contributed by atoms with Crippen molar-refractivity contribution >= 4 is 12.4 Å². The van der Waals surface area contributed by atoms with Crippen LogP contribution in [0.1, 0.15) is 36.0 Å². The highest BCUT2D eigenvalue weighted by atomic mass is 35.5. The number of nitrogens with one attached hydrogen (secondary N) is 2. The van der Waals surface area contributed by atoms with Crippen molar-refractivity contribution in [3.63, 3.8) is 0 Å². The van der Waals surface area contributed by atoms with Gasteiger partial charge in [0, 0.05) is 18.9 Å².